The summed E-state index contributed by atoms with van der Waals surface area (Å²) < 4.78 is 5.13. The summed E-state index contributed by atoms with van der Waals surface area (Å²) in [5.74, 6) is 0.834. The molecule has 0 aliphatic rings. The molecule has 0 bridgehead atoms. The second kappa shape index (κ2) is 6.91. The van der Waals surface area contributed by atoms with Gasteiger partial charge in [0.2, 0.25) is 5.91 Å². The van der Waals surface area contributed by atoms with Gasteiger partial charge in [-0.25, -0.2) is 0 Å². The van der Waals surface area contributed by atoms with E-state index in [1.165, 1.54) is 0 Å². The van der Waals surface area contributed by atoms with Crippen molar-refractivity contribution in [3.8, 4) is 5.75 Å². The van der Waals surface area contributed by atoms with Crippen LogP contribution in [0.15, 0.2) is 24.3 Å². The van der Waals surface area contributed by atoms with Crippen molar-refractivity contribution < 1.29 is 14.6 Å². The number of carbonyl (C=O) groups is 1. The van der Waals surface area contributed by atoms with Gasteiger partial charge in [-0.15, -0.1) is 0 Å². The average molecular weight is 237 g/mol. The van der Waals surface area contributed by atoms with Gasteiger partial charge in [0, 0.05) is 26.6 Å². The van der Waals surface area contributed by atoms with E-state index in [9.17, 15) is 4.79 Å². The maximum atomic E-state index is 11.6. The number of ether oxygens (including phenoxy) is 1. The Balaban J connectivity index is 2.54. The topological polar surface area (TPSA) is 49.8 Å². The number of carbonyl (C=O) groups excluding carboxylic acids is 1. The van der Waals surface area contributed by atoms with E-state index in [2.05, 4.69) is 0 Å². The molecule has 1 aromatic rings. The van der Waals surface area contributed by atoms with E-state index in [1.54, 1.807) is 19.1 Å². The molecule has 0 aromatic heterocycles. The van der Waals surface area contributed by atoms with Gasteiger partial charge in [-0.2, -0.15) is 0 Å². The third-order valence-electron chi connectivity index (χ3n) is 2.53. The first-order chi connectivity index (χ1) is 8.17. The van der Waals surface area contributed by atoms with Gasteiger partial charge in [-0.1, -0.05) is 12.1 Å². The maximum absolute atomic E-state index is 11.6. The van der Waals surface area contributed by atoms with E-state index >= 15 is 0 Å². The summed E-state index contributed by atoms with van der Waals surface area (Å²) in [5.41, 5.74) is 1.03. The van der Waals surface area contributed by atoms with Crippen LogP contribution >= 0.6 is 0 Å². The van der Waals surface area contributed by atoms with Crippen molar-refractivity contribution in [3.63, 3.8) is 0 Å². The Hall–Kier alpha value is -1.55. The smallest absolute Gasteiger partial charge is 0.222 e. The largest absolute Gasteiger partial charge is 0.497 e. The lowest BCUT2D eigenvalue weighted by atomic mass is 10.2. The van der Waals surface area contributed by atoms with Gasteiger partial charge in [0.05, 0.1) is 7.11 Å². The second-order valence-electron chi connectivity index (χ2n) is 3.93. The van der Waals surface area contributed by atoms with Crippen LogP contribution in [0.1, 0.15) is 18.4 Å². The highest BCUT2D eigenvalue weighted by Crippen LogP contribution is 2.14. The number of amides is 1. The van der Waals surface area contributed by atoms with Crippen LogP contribution < -0.4 is 4.74 Å². The fourth-order valence-electron chi connectivity index (χ4n) is 1.55. The number of benzene rings is 1. The Morgan fingerprint density at radius 1 is 1.47 bits per heavy atom. The molecule has 0 heterocycles. The van der Waals surface area contributed by atoms with Crippen LogP contribution in [0.2, 0.25) is 0 Å². The molecule has 0 aliphatic carbocycles. The van der Waals surface area contributed by atoms with Crippen molar-refractivity contribution in [2.75, 3.05) is 20.8 Å². The monoisotopic (exact) mass is 237 g/mol. The summed E-state index contributed by atoms with van der Waals surface area (Å²) in [6.07, 6.45) is 0.901. The van der Waals surface area contributed by atoms with E-state index in [0.717, 1.165) is 11.3 Å². The third-order valence-corrected chi connectivity index (χ3v) is 2.53. The van der Waals surface area contributed by atoms with Crippen LogP contribution in [0.3, 0.4) is 0 Å². The van der Waals surface area contributed by atoms with Gasteiger partial charge in [0.25, 0.3) is 0 Å². The Morgan fingerprint density at radius 3 is 2.88 bits per heavy atom. The van der Waals surface area contributed by atoms with Gasteiger partial charge < -0.3 is 14.7 Å². The third kappa shape index (κ3) is 4.44. The van der Waals surface area contributed by atoms with Crippen LogP contribution in [0, 0.1) is 0 Å². The highest BCUT2D eigenvalue weighted by molar-refractivity contribution is 5.75. The lowest BCUT2D eigenvalue weighted by Crippen LogP contribution is -2.26. The molecule has 0 fully saturated rings. The first-order valence-electron chi connectivity index (χ1n) is 5.65. The SMILES string of the molecule is COc1cccc(CN(C)C(=O)CCCO)c1. The molecular formula is C13H19NO3. The minimum atomic E-state index is 0.0434. The first kappa shape index (κ1) is 13.5. The summed E-state index contributed by atoms with van der Waals surface area (Å²) in [6.45, 7) is 0.611. The van der Waals surface area contributed by atoms with Gasteiger partial charge in [0.1, 0.15) is 5.75 Å². The van der Waals surface area contributed by atoms with Crippen LogP contribution in [-0.4, -0.2) is 36.7 Å². The number of aliphatic hydroxyl groups excluding tert-OH is 1. The zero-order valence-electron chi connectivity index (χ0n) is 10.3. The second-order valence-corrected chi connectivity index (χ2v) is 3.93. The normalized spacial score (nSPS) is 10.1. The Kier molecular flexibility index (Phi) is 5.49. The molecule has 0 saturated carbocycles. The standard InChI is InChI=1S/C13H19NO3/c1-14(13(16)7-4-8-15)10-11-5-3-6-12(9-11)17-2/h3,5-6,9,15H,4,7-8,10H2,1-2H3. The van der Waals surface area contributed by atoms with Crippen molar-refractivity contribution in [1.29, 1.82) is 0 Å². The molecule has 1 aromatic carbocycles. The van der Waals surface area contributed by atoms with Crippen LogP contribution in [-0.2, 0) is 11.3 Å². The summed E-state index contributed by atoms with van der Waals surface area (Å²) >= 11 is 0. The highest BCUT2D eigenvalue weighted by Gasteiger charge is 2.08. The molecule has 0 radical (unpaired) electrons. The van der Waals surface area contributed by atoms with E-state index in [-0.39, 0.29) is 12.5 Å². The van der Waals surface area contributed by atoms with Crippen molar-refractivity contribution in [1.82, 2.24) is 4.90 Å². The van der Waals surface area contributed by atoms with Crippen molar-refractivity contribution in [2.24, 2.45) is 0 Å². The molecular weight excluding hydrogens is 218 g/mol. The molecule has 1 rings (SSSR count). The Morgan fingerprint density at radius 2 is 2.24 bits per heavy atom. The molecule has 94 valence electrons. The molecule has 0 aliphatic heterocycles. The zero-order valence-corrected chi connectivity index (χ0v) is 10.3. The number of methoxy groups -OCH3 is 1. The number of hydrogen-bond acceptors (Lipinski definition) is 3. The molecule has 4 nitrogen and oxygen atoms in total. The van der Waals surface area contributed by atoms with Crippen molar-refractivity contribution in [3.05, 3.63) is 29.8 Å². The number of hydrogen-bond donors (Lipinski definition) is 1. The van der Waals surface area contributed by atoms with E-state index < -0.39 is 0 Å². The summed E-state index contributed by atoms with van der Waals surface area (Å²) in [7, 11) is 3.38. The van der Waals surface area contributed by atoms with Gasteiger partial charge in [-0.05, 0) is 24.1 Å². The predicted octanol–water partition coefficient (Wildman–Crippen LogP) is 1.43. The molecule has 17 heavy (non-hydrogen) atoms. The fourth-order valence-corrected chi connectivity index (χ4v) is 1.55. The predicted molar refractivity (Wildman–Crippen MR) is 65.8 cm³/mol. The zero-order chi connectivity index (χ0) is 12.7. The molecule has 1 amide bonds. The summed E-state index contributed by atoms with van der Waals surface area (Å²) in [4.78, 5) is 13.3. The molecule has 4 heteroatoms. The summed E-state index contributed by atoms with van der Waals surface area (Å²) in [6, 6.07) is 7.64. The van der Waals surface area contributed by atoms with Crippen LogP contribution in [0.25, 0.3) is 0 Å². The van der Waals surface area contributed by atoms with E-state index in [0.29, 0.717) is 19.4 Å². The quantitative estimate of drug-likeness (QED) is 0.814. The molecule has 1 N–H and O–H groups in total. The fraction of sp³-hybridized carbons (Fsp3) is 0.462. The van der Waals surface area contributed by atoms with Crippen molar-refractivity contribution in [2.45, 2.75) is 19.4 Å². The van der Waals surface area contributed by atoms with Gasteiger partial charge in [0.15, 0.2) is 0 Å². The Bertz CT molecular complexity index is 365. The molecule has 0 atom stereocenters. The molecule has 0 saturated heterocycles. The number of nitrogens with zero attached hydrogens (tertiary/aromatic N) is 1. The minimum Gasteiger partial charge on any atom is -0.497 e. The van der Waals surface area contributed by atoms with E-state index in [1.807, 2.05) is 24.3 Å². The van der Waals surface area contributed by atoms with Crippen LogP contribution in [0.4, 0.5) is 0 Å². The molecule has 0 unspecified atom stereocenters. The molecule has 0 spiro atoms. The van der Waals surface area contributed by atoms with Crippen molar-refractivity contribution >= 4 is 5.91 Å². The lowest BCUT2D eigenvalue weighted by Gasteiger charge is -2.17. The number of rotatable bonds is 6. The summed E-state index contributed by atoms with van der Waals surface area (Å²) in [5, 5.41) is 8.67. The minimum absolute atomic E-state index is 0.0434. The van der Waals surface area contributed by atoms with Crippen LogP contribution in [0.5, 0.6) is 5.75 Å². The number of aliphatic hydroxyl groups is 1. The lowest BCUT2D eigenvalue weighted by molar-refractivity contribution is -0.130. The van der Waals surface area contributed by atoms with Gasteiger partial charge in [-0.3, -0.25) is 4.79 Å². The average Bonchev–Trinajstić information content (AvgIpc) is 2.36. The first-order valence-corrected chi connectivity index (χ1v) is 5.65. The van der Waals surface area contributed by atoms with E-state index in [4.69, 9.17) is 9.84 Å². The highest BCUT2D eigenvalue weighted by atomic mass is 16.5. The van der Waals surface area contributed by atoms with Gasteiger partial charge >= 0.3 is 0 Å². The maximum Gasteiger partial charge on any atom is 0.222 e. The Labute approximate surface area is 102 Å².